The first kappa shape index (κ1) is 74.5. The second-order valence-corrected chi connectivity index (χ2v) is 20.9. The summed E-state index contributed by atoms with van der Waals surface area (Å²) in [5, 5.41) is 46.8. The predicted octanol–water partition coefficient (Wildman–Crippen LogP) is 3.74. The molecule has 2 aliphatic rings. The summed E-state index contributed by atoms with van der Waals surface area (Å²) in [7, 11) is 0. The molecule has 0 radical (unpaired) electrons. The van der Waals surface area contributed by atoms with Crippen LogP contribution in [0.3, 0.4) is 0 Å². The molecule has 27 nitrogen and oxygen atoms in total. The van der Waals surface area contributed by atoms with Gasteiger partial charge in [-0.1, -0.05) is 61.5 Å². The minimum absolute atomic E-state index is 0. The molecule has 5 amide bonds. The van der Waals surface area contributed by atoms with Crippen molar-refractivity contribution in [3.63, 3.8) is 0 Å². The number of benzene rings is 5. The maximum atomic E-state index is 12.7. The van der Waals surface area contributed by atoms with Crippen LogP contribution in [0, 0.1) is 5.92 Å². The fourth-order valence-electron chi connectivity index (χ4n) is 9.54. The summed E-state index contributed by atoms with van der Waals surface area (Å²) < 4.78 is 60.8. The lowest BCUT2D eigenvalue weighted by Gasteiger charge is -2.44. The normalized spacial score (nSPS) is 21.0. The number of halogens is 1. The van der Waals surface area contributed by atoms with Crippen molar-refractivity contribution in [1.82, 2.24) is 21.3 Å². The van der Waals surface area contributed by atoms with E-state index in [0.717, 1.165) is 27.1 Å². The Bertz CT molecular complexity index is 3140. The molecule has 4 unspecified atom stereocenters. The van der Waals surface area contributed by atoms with Crippen molar-refractivity contribution in [2.24, 2.45) is 5.92 Å². The van der Waals surface area contributed by atoms with Crippen LogP contribution in [0.25, 0.3) is 21.5 Å². The van der Waals surface area contributed by atoms with Gasteiger partial charge in [-0.3, -0.25) is 34.1 Å². The zero-order valence-electron chi connectivity index (χ0n) is 51.4. The van der Waals surface area contributed by atoms with E-state index in [1.165, 1.54) is 27.7 Å². The monoisotopic (exact) mass is 1390 g/mol. The van der Waals surface area contributed by atoms with Crippen molar-refractivity contribution in [2.45, 2.75) is 96.4 Å². The van der Waals surface area contributed by atoms with Crippen LogP contribution in [-0.4, -0.2) is 205 Å². The van der Waals surface area contributed by atoms with Crippen LogP contribution in [0.4, 0.5) is 16.2 Å². The lowest BCUT2D eigenvalue weighted by Crippen LogP contribution is -2.64. The Morgan fingerprint density at radius 3 is 1.60 bits per heavy atom. The van der Waals surface area contributed by atoms with E-state index >= 15 is 0 Å². The number of carbonyl (C=O) groups is 7. The minimum Gasteiger partial charge on any atom is -0.463 e. The lowest BCUT2D eigenvalue weighted by atomic mass is 9.88. The number of aliphatic hydroxyl groups excluding tert-OH is 3. The standard InChI is InChI=1S/C38H47N3O12.C25H35N3O9.HI.H2/c1-24-34(40-25(2)42)37(53-33(23-50-26(3)43)35(24)52-27(4)44)49-19-18-48-17-16-47-15-14-39-36(45)31-11-10-30-21-32(13-12-29(30)20-31)41-38(46)51-22-28-8-6-5-7-9-28;1-15(30)28-21-23(32)22(31)20(14-29)37-25(21)36-11-10-35-9-8-34-7-6-27-24(33)18-3-2-17-13-19(26)5-4-16(17)12-18;;/h5-13,20-21,24,33-35,37H,14-19,22-23H2,1-4H3,(H,39,45)(H,40,42)(H,41,46);2-5,12-13,20-23,25,29,31-32H,6-11,14,26H2,1H3,(H,27,33)(H,28,30);2*1H/t24-,33?,34?,35-,37-;20?,21?,22-,23+,25+;;/m10../s1. The van der Waals surface area contributed by atoms with E-state index in [4.69, 9.17) is 57.8 Å². The van der Waals surface area contributed by atoms with Gasteiger partial charge in [-0.05, 0) is 75.6 Å². The van der Waals surface area contributed by atoms with Crippen molar-refractivity contribution < 1.29 is 102 Å². The third kappa shape index (κ3) is 25.1. The van der Waals surface area contributed by atoms with Crippen LogP contribution in [0.1, 0.15) is 62.3 Å². The molecule has 7 rings (SSSR count). The second-order valence-electron chi connectivity index (χ2n) is 20.9. The van der Waals surface area contributed by atoms with Crippen LogP contribution in [0.2, 0.25) is 0 Å². The average molecular weight is 1390 g/mol. The van der Waals surface area contributed by atoms with E-state index < -0.39 is 91.6 Å². The number of aliphatic hydroxyl groups is 3. The molecule has 500 valence electrons. The van der Waals surface area contributed by atoms with Gasteiger partial charge in [0.2, 0.25) is 11.8 Å². The second kappa shape index (κ2) is 39.3. The quantitative estimate of drug-likeness (QED) is 0.0100. The number of hydrogen-bond donors (Lipinski definition) is 9. The van der Waals surface area contributed by atoms with Gasteiger partial charge in [0, 0.05) is 70.6 Å². The smallest absolute Gasteiger partial charge is 0.411 e. The van der Waals surface area contributed by atoms with Crippen molar-refractivity contribution in [2.75, 3.05) is 103 Å². The van der Waals surface area contributed by atoms with Crippen LogP contribution in [0.15, 0.2) is 103 Å². The molecule has 0 aliphatic carbocycles. The molecule has 10 N–H and O–H groups in total. The summed E-state index contributed by atoms with van der Waals surface area (Å²) in [6.45, 7) is 9.36. The topological polar surface area (TPSA) is 368 Å². The Morgan fingerprint density at radius 1 is 0.560 bits per heavy atom. The highest BCUT2D eigenvalue weighted by Crippen LogP contribution is 2.30. The van der Waals surface area contributed by atoms with Gasteiger partial charge < -0.3 is 94.4 Å². The number of anilines is 2. The van der Waals surface area contributed by atoms with E-state index in [1.807, 2.05) is 66.7 Å². The molecule has 0 aromatic heterocycles. The van der Waals surface area contributed by atoms with Gasteiger partial charge >= 0.3 is 18.0 Å². The SMILES string of the molecule is CC(=O)NC1[C@H](OCCOCCOCCNC(=O)c2ccc3cc(N)ccc3c2)OC(CO)[C@H](O)[C@@H]1O.CC(=O)NC1[C@H](OCCOCCOCCNC(=O)c2ccc3cc(NC(=O)OCc4ccccc4)ccc3c2)OC(COC(C)=O)[C@H](OC(C)=O)[C@@H]1C.I.[HH]. The highest BCUT2D eigenvalue weighted by molar-refractivity contribution is 14.0. The van der Waals surface area contributed by atoms with Gasteiger partial charge in [0.1, 0.15) is 49.8 Å². The molecule has 0 bridgehead atoms. The number of carbonyl (C=O) groups excluding carboxylic acids is 7. The van der Waals surface area contributed by atoms with Crippen LogP contribution < -0.4 is 32.3 Å². The van der Waals surface area contributed by atoms with E-state index in [0.29, 0.717) is 48.8 Å². The summed E-state index contributed by atoms with van der Waals surface area (Å²) in [6, 6.07) is 29.4. The molecule has 2 saturated heterocycles. The number of nitrogens with one attached hydrogen (secondary N) is 5. The van der Waals surface area contributed by atoms with Crippen molar-refractivity contribution in [1.29, 1.82) is 0 Å². The van der Waals surface area contributed by atoms with Crippen molar-refractivity contribution >= 4 is 98.6 Å². The van der Waals surface area contributed by atoms with Crippen LogP contribution >= 0.6 is 24.0 Å². The summed E-state index contributed by atoms with van der Waals surface area (Å²) in [5.74, 6) is -2.65. The highest BCUT2D eigenvalue weighted by Gasteiger charge is 2.47. The van der Waals surface area contributed by atoms with Gasteiger partial charge in [-0.2, -0.15) is 0 Å². The number of nitrogen functional groups attached to an aromatic ring is 1. The van der Waals surface area contributed by atoms with Gasteiger partial charge in [-0.15, -0.1) is 24.0 Å². The number of esters is 2. The molecule has 2 heterocycles. The zero-order chi connectivity index (χ0) is 65.0. The third-order valence-corrected chi connectivity index (χ3v) is 13.9. The fraction of sp³-hybridized carbons (Fsp3) is 0.476. The Hall–Kier alpha value is -7.20. The van der Waals surface area contributed by atoms with Gasteiger partial charge in [-0.25, -0.2) is 4.79 Å². The Kier molecular flexibility index (Phi) is 32.1. The molecule has 5 aromatic rings. The van der Waals surface area contributed by atoms with Crippen LogP contribution in [0.5, 0.6) is 0 Å². The number of amides is 5. The molecular weight excluding hydrogens is 1300 g/mol. The van der Waals surface area contributed by atoms with E-state index in [2.05, 4.69) is 26.6 Å². The molecule has 28 heteroatoms. The van der Waals surface area contributed by atoms with Gasteiger partial charge in [0.15, 0.2) is 12.6 Å². The molecule has 0 saturated carbocycles. The summed E-state index contributed by atoms with van der Waals surface area (Å²) in [4.78, 5) is 83.8. The van der Waals surface area contributed by atoms with E-state index in [9.17, 15) is 48.9 Å². The molecular formula is C63H85IN6O21. The van der Waals surface area contributed by atoms with Crippen LogP contribution in [-0.2, 0) is 77.9 Å². The largest absolute Gasteiger partial charge is 0.463 e. The Labute approximate surface area is 545 Å². The Balaban J connectivity index is 0.000000408. The molecule has 91 heavy (non-hydrogen) atoms. The third-order valence-electron chi connectivity index (χ3n) is 13.9. The lowest BCUT2D eigenvalue weighted by molar-refractivity contribution is -0.272. The molecule has 5 aromatic carbocycles. The number of hydrogen-bond acceptors (Lipinski definition) is 22. The average Bonchev–Trinajstić information content (AvgIpc) is 1.58. The van der Waals surface area contributed by atoms with E-state index in [-0.39, 0.29) is 109 Å². The van der Waals surface area contributed by atoms with Gasteiger partial charge in [0.25, 0.3) is 11.8 Å². The van der Waals surface area contributed by atoms with E-state index in [1.54, 1.807) is 43.3 Å². The highest BCUT2D eigenvalue weighted by atomic mass is 127. The summed E-state index contributed by atoms with van der Waals surface area (Å²) >= 11 is 0. The minimum atomic E-state index is -1.37. The maximum Gasteiger partial charge on any atom is 0.411 e. The first-order chi connectivity index (χ1) is 43.3. The number of fused-ring (bicyclic) bond motifs is 2. The maximum absolute atomic E-state index is 12.7. The van der Waals surface area contributed by atoms with Crippen molar-refractivity contribution in [3.8, 4) is 0 Å². The molecule has 2 aliphatic heterocycles. The first-order valence-electron chi connectivity index (χ1n) is 29.3. The molecule has 0 spiro atoms. The first-order valence-corrected chi connectivity index (χ1v) is 29.3. The molecule has 2 fully saturated rings. The number of nitrogens with two attached hydrogens (primary N) is 1. The zero-order valence-corrected chi connectivity index (χ0v) is 53.7. The van der Waals surface area contributed by atoms with Gasteiger partial charge in [0.05, 0.1) is 78.7 Å². The Morgan fingerprint density at radius 2 is 1.05 bits per heavy atom. The fourth-order valence-corrected chi connectivity index (χ4v) is 9.54. The number of rotatable bonds is 31. The number of ether oxygens (including phenoxy) is 11. The predicted molar refractivity (Wildman–Crippen MR) is 343 cm³/mol. The van der Waals surface area contributed by atoms with Crippen molar-refractivity contribution in [3.05, 3.63) is 120 Å². The summed E-state index contributed by atoms with van der Waals surface area (Å²) in [5.41, 5.74) is 8.95. The summed E-state index contributed by atoms with van der Waals surface area (Å²) in [6.07, 6.45) is -7.90. The molecule has 10 atom stereocenters.